The normalized spacial score (nSPS) is 25.6. The number of halogens is 2. The van der Waals surface area contributed by atoms with E-state index in [4.69, 9.17) is 10.5 Å². The molecule has 0 aromatic carbocycles. The van der Waals surface area contributed by atoms with Gasteiger partial charge >= 0.3 is 6.09 Å². The number of hydrogen-bond donors (Lipinski definition) is 1. The van der Waals surface area contributed by atoms with Gasteiger partial charge in [-0.2, -0.15) is 0 Å². The molecule has 1 heterocycles. The molecule has 19 heavy (non-hydrogen) atoms. The second kappa shape index (κ2) is 5.61. The summed E-state index contributed by atoms with van der Waals surface area (Å²) in [7, 11) is 0. The Morgan fingerprint density at radius 1 is 1.47 bits per heavy atom. The van der Waals surface area contributed by atoms with Gasteiger partial charge < -0.3 is 15.4 Å². The van der Waals surface area contributed by atoms with E-state index in [9.17, 15) is 13.6 Å². The smallest absolute Gasteiger partial charge is 0.410 e. The van der Waals surface area contributed by atoms with Crippen LogP contribution in [-0.4, -0.2) is 41.6 Å². The summed E-state index contributed by atoms with van der Waals surface area (Å²) in [6.45, 7) is 6.55. The molecule has 2 N–H and O–H groups in total. The lowest BCUT2D eigenvalue weighted by molar-refractivity contribution is -0.0389. The third kappa shape index (κ3) is 5.30. The van der Waals surface area contributed by atoms with E-state index in [-0.39, 0.29) is 24.9 Å². The first-order valence-electron chi connectivity index (χ1n) is 6.61. The number of likely N-dealkylation sites (tertiary alicyclic amines) is 1. The van der Waals surface area contributed by atoms with Crippen molar-refractivity contribution in [1.82, 2.24) is 4.90 Å². The van der Waals surface area contributed by atoms with Crippen molar-refractivity contribution in [3.63, 3.8) is 0 Å². The molecule has 0 aliphatic carbocycles. The molecule has 1 saturated heterocycles. The monoisotopic (exact) mass is 278 g/mol. The number of carbonyl (C=O) groups excluding carboxylic acids is 1. The lowest BCUT2D eigenvalue weighted by Gasteiger charge is -2.30. The van der Waals surface area contributed by atoms with Crippen LogP contribution in [0, 0.1) is 5.92 Å². The van der Waals surface area contributed by atoms with Crippen LogP contribution < -0.4 is 5.73 Å². The molecule has 2 atom stereocenters. The van der Waals surface area contributed by atoms with Gasteiger partial charge in [-0.15, -0.1) is 0 Å². The van der Waals surface area contributed by atoms with E-state index >= 15 is 0 Å². The minimum absolute atomic E-state index is 0.124. The molecule has 0 saturated carbocycles. The minimum atomic E-state index is -2.87. The average molecular weight is 278 g/mol. The summed E-state index contributed by atoms with van der Waals surface area (Å²) in [5.74, 6) is -3.00. The van der Waals surface area contributed by atoms with E-state index in [1.165, 1.54) is 0 Å². The summed E-state index contributed by atoms with van der Waals surface area (Å²) in [5.41, 5.74) is 5.10. The maximum absolute atomic E-state index is 13.7. The number of rotatable bonds is 1. The third-order valence-corrected chi connectivity index (χ3v) is 3.15. The number of carbonyl (C=O) groups is 1. The van der Waals surface area contributed by atoms with Crippen molar-refractivity contribution in [2.75, 3.05) is 13.1 Å². The van der Waals surface area contributed by atoms with Crippen molar-refractivity contribution < 1.29 is 18.3 Å². The molecule has 1 fully saturated rings. The maximum Gasteiger partial charge on any atom is 0.410 e. The van der Waals surface area contributed by atoms with Crippen molar-refractivity contribution in [3.05, 3.63) is 0 Å². The van der Waals surface area contributed by atoms with Gasteiger partial charge in [0.05, 0.1) is 6.54 Å². The Kier molecular flexibility index (Phi) is 4.76. The van der Waals surface area contributed by atoms with Gasteiger partial charge in [0, 0.05) is 19.0 Å². The summed E-state index contributed by atoms with van der Waals surface area (Å²) in [4.78, 5) is 13.0. The Morgan fingerprint density at radius 3 is 2.53 bits per heavy atom. The highest BCUT2D eigenvalue weighted by Gasteiger charge is 2.40. The lowest BCUT2D eigenvalue weighted by atomic mass is 9.96. The van der Waals surface area contributed by atoms with Crippen molar-refractivity contribution in [2.45, 2.75) is 58.1 Å². The van der Waals surface area contributed by atoms with Crippen molar-refractivity contribution in [1.29, 1.82) is 0 Å². The molecular formula is C13H24F2N2O2. The van der Waals surface area contributed by atoms with Gasteiger partial charge in [-0.05, 0) is 40.0 Å². The number of alkyl halides is 2. The van der Waals surface area contributed by atoms with Crippen LogP contribution in [0.25, 0.3) is 0 Å². The largest absolute Gasteiger partial charge is 0.444 e. The SMILES string of the molecule is CC(N)C1CCC(F)(F)CN(C(=O)OC(C)(C)C)C1. The zero-order chi connectivity index (χ0) is 14.8. The molecule has 1 rings (SSSR count). The molecule has 2 unspecified atom stereocenters. The Hall–Kier alpha value is -0.910. The molecule has 1 amide bonds. The number of nitrogens with two attached hydrogens (primary N) is 1. The molecule has 0 radical (unpaired) electrons. The van der Waals surface area contributed by atoms with Crippen molar-refractivity contribution in [3.8, 4) is 0 Å². The van der Waals surface area contributed by atoms with Crippen LogP contribution in [0.1, 0.15) is 40.5 Å². The van der Waals surface area contributed by atoms with E-state index in [2.05, 4.69) is 0 Å². The molecule has 0 aromatic rings. The molecular weight excluding hydrogens is 254 g/mol. The highest BCUT2D eigenvalue weighted by atomic mass is 19.3. The van der Waals surface area contributed by atoms with Crippen LogP contribution in [0.15, 0.2) is 0 Å². The zero-order valence-electron chi connectivity index (χ0n) is 12.1. The molecule has 112 valence electrons. The zero-order valence-corrected chi connectivity index (χ0v) is 12.1. The van der Waals surface area contributed by atoms with E-state index in [1.807, 2.05) is 0 Å². The fraction of sp³-hybridized carbons (Fsp3) is 0.923. The van der Waals surface area contributed by atoms with Gasteiger partial charge in [-0.1, -0.05) is 0 Å². The first-order chi connectivity index (χ1) is 8.50. The van der Waals surface area contributed by atoms with Crippen molar-refractivity contribution >= 4 is 6.09 Å². The first-order valence-corrected chi connectivity index (χ1v) is 6.61. The Balaban J connectivity index is 2.80. The quantitative estimate of drug-likeness (QED) is 0.802. The fourth-order valence-corrected chi connectivity index (χ4v) is 2.09. The van der Waals surface area contributed by atoms with Crippen LogP contribution in [0.2, 0.25) is 0 Å². The van der Waals surface area contributed by atoms with E-state index in [1.54, 1.807) is 27.7 Å². The molecule has 0 bridgehead atoms. The maximum atomic E-state index is 13.7. The molecule has 1 aliphatic heterocycles. The first kappa shape index (κ1) is 16.1. The number of ether oxygens (including phenoxy) is 1. The topological polar surface area (TPSA) is 55.6 Å². The van der Waals surface area contributed by atoms with E-state index in [0.717, 1.165) is 4.90 Å². The van der Waals surface area contributed by atoms with Gasteiger partial charge in [0.15, 0.2) is 0 Å². The number of hydrogen-bond acceptors (Lipinski definition) is 3. The summed E-state index contributed by atoms with van der Waals surface area (Å²) < 4.78 is 32.5. The highest BCUT2D eigenvalue weighted by Crippen LogP contribution is 2.30. The second-order valence-corrected chi connectivity index (χ2v) is 6.37. The predicted molar refractivity (Wildman–Crippen MR) is 69.1 cm³/mol. The van der Waals surface area contributed by atoms with Gasteiger partial charge in [0.2, 0.25) is 0 Å². The van der Waals surface area contributed by atoms with Crippen LogP contribution in [0.5, 0.6) is 0 Å². The molecule has 0 spiro atoms. The Bertz CT molecular complexity index is 327. The van der Waals surface area contributed by atoms with Gasteiger partial charge in [-0.25, -0.2) is 13.6 Å². The van der Waals surface area contributed by atoms with Gasteiger partial charge in [0.1, 0.15) is 5.60 Å². The van der Waals surface area contributed by atoms with Gasteiger partial charge in [-0.3, -0.25) is 0 Å². The lowest BCUT2D eigenvalue weighted by Crippen LogP contribution is -2.45. The molecule has 4 nitrogen and oxygen atoms in total. The molecule has 6 heteroatoms. The third-order valence-electron chi connectivity index (χ3n) is 3.15. The fourth-order valence-electron chi connectivity index (χ4n) is 2.09. The van der Waals surface area contributed by atoms with Crippen LogP contribution >= 0.6 is 0 Å². The van der Waals surface area contributed by atoms with Crippen LogP contribution in [0.4, 0.5) is 13.6 Å². The van der Waals surface area contributed by atoms with Gasteiger partial charge in [0.25, 0.3) is 5.92 Å². The van der Waals surface area contributed by atoms with E-state index in [0.29, 0.717) is 6.42 Å². The molecule has 0 aromatic heterocycles. The number of amides is 1. The summed E-state index contributed by atoms with van der Waals surface area (Å²) in [6.07, 6.45) is -0.609. The number of nitrogens with zero attached hydrogens (tertiary/aromatic N) is 1. The summed E-state index contributed by atoms with van der Waals surface area (Å²) in [6, 6.07) is -0.223. The predicted octanol–water partition coefficient (Wildman–Crippen LogP) is 2.62. The average Bonchev–Trinajstić information content (AvgIpc) is 2.34. The second-order valence-electron chi connectivity index (χ2n) is 6.37. The minimum Gasteiger partial charge on any atom is -0.444 e. The standard InChI is InChI=1S/C13H24F2N2O2/c1-9(16)10-5-6-13(14,15)8-17(7-10)11(18)19-12(2,3)4/h9-10H,5-8,16H2,1-4H3. The summed E-state index contributed by atoms with van der Waals surface area (Å²) >= 11 is 0. The van der Waals surface area contributed by atoms with Crippen LogP contribution in [0.3, 0.4) is 0 Å². The van der Waals surface area contributed by atoms with E-state index < -0.39 is 24.2 Å². The summed E-state index contributed by atoms with van der Waals surface area (Å²) in [5, 5.41) is 0. The molecule has 1 aliphatic rings. The van der Waals surface area contributed by atoms with Crippen LogP contribution in [-0.2, 0) is 4.74 Å². The van der Waals surface area contributed by atoms with Crippen molar-refractivity contribution in [2.24, 2.45) is 11.7 Å². The Labute approximate surface area is 113 Å². The Morgan fingerprint density at radius 2 is 2.05 bits per heavy atom. The highest BCUT2D eigenvalue weighted by molar-refractivity contribution is 5.68.